The summed E-state index contributed by atoms with van der Waals surface area (Å²) in [6.45, 7) is 1.54. The molecule has 0 aromatic heterocycles. The van der Waals surface area contributed by atoms with Crippen LogP contribution in [0.25, 0.3) is 0 Å². The summed E-state index contributed by atoms with van der Waals surface area (Å²) < 4.78 is 5.17. The highest BCUT2D eigenvalue weighted by atomic mass is 16.5. The number of nitrogens with zero attached hydrogens (tertiary/aromatic N) is 1. The lowest BCUT2D eigenvalue weighted by atomic mass is 10.5. The van der Waals surface area contributed by atoms with E-state index in [0.717, 1.165) is 13.2 Å². The van der Waals surface area contributed by atoms with Crippen molar-refractivity contribution in [1.82, 2.24) is 5.32 Å². The normalized spacial score (nSPS) is 28.4. The summed E-state index contributed by atoms with van der Waals surface area (Å²) in [4.78, 5) is 4.02. The Morgan fingerprint density at radius 1 is 1.88 bits per heavy atom. The van der Waals surface area contributed by atoms with Gasteiger partial charge in [0.05, 0.1) is 13.2 Å². The Balaban J connectivity index is 2.32. The van der Waals surface area contributed by atoms with E-state index in [1.54, 1.807) is 6.21 Å². The van der Waals surface area contributed by atoms with Gasteiger partial charge in [0.15, 0.2) is 0 Å². The molecule has 1 unspecified atom stereocenters. The Hall–Kier alpha value is -0.410. The molecule has 0 radical (unpaired) electrons. The van der Waals surface area contributed by atoms with Crippen molar-refractivity contribution in [2.75, 3.05) is 20.2 Å². The van der Waals surface area contributed by atoms with Crippen LogP contribution in [0.15, 0.2) is 4.99 Å². The maximum Gasteiger partial charge on any atom is 0.143 e. The van der Waals surface area contributed by atoms with Crippen LogP contribution in [0, 0.1) is 0 Å². The number of rotatable bonds is 1. The molecule has 0 aromatic carbocycles. The third-order valence-corrected chi connectivity index (χ3v) is 1.04. The lowest BCUT2D eigenvalue weighted by Gasteiger charge is -2.14. The molecule has 0 aromatic rings. The van der Waals surface area contributed by atoms with E-state index in [-0.39, 0.29) is 6.23 Å². The average molecular weight is 114 g/mol. The van der Waals surface area contributed by atoms with Gasteiger partial charge in [0.25, 0.3) is 0 Å². The molecule has 0 aliphatic carbocycles. The molecule has 0 saturated carbocycles. The van der Waals surface area contributed by atoms with Crippen LogP contribution in [0.4, 0.5) is 0 Å². The summed E-state index contributed by atoms with van der Waals surface area (Å²) in [7, 11) is 1.85. The molecule has 46 valence electrons. The fraction of sp³-hybridized carbons (Fsp3) is 0.800. The van der Waals surface area contributed by atoms with Crippen molar-refractivity contribution >= 4 is 6.21 Å². The van der Waals surface area contributed by atoms with Crippen LogP contribution in [-0.4, -0.2) is 32.6 Å². The first-order chi connectivity index (χ1) is 3.93. The summed E-state index contributed by atoms with van der Waals surface area (Å²) in [5.41, 5.74) is 0. The van der Waals surface area contributed by atoms with Gasteiger partial charge >= 0.3 is 0 Å². The quantitative estimate of drug-likeness (QED) is 0.504. The minimum Gasteiger partial charge on any atom is -0.356 e. The van der Waals surface area contributed by atoms with Crippen LogP contribution in [-0.2, 0) is 4.74 Å². The molecule has 3 nitrogen and oxygen atoms in total. The van der Waals surface area contributed by atoms with Crippen molar-refractivity contribution < 1.29 is 4.74 Å². The van der Waals surface area contributed by atoms with Crippen molar-refractivity contribution in [3.8, 4) is 0 Å². The highest BCUT2D eigenvalue weighted by Crippen LogP contribution is 1.88. The number of aliphatic imine (C=N–C) groups is 1. The second kappa shape index (κ2) is 2.79. The molecule has 1 rings (SSSR count). The summed E-state index contributed by atoms with van der Waals surface area (Å²) >= 11 is 0. The summed E-state index contributed by atoms with van der Waals surface area (Å²) in [6, 6.07) is 0. The van der Waals surface area contributed by atoms with Crippen LogP contribution in [0.1, 0.15) is 0 Å². The maximum atomic E-state index is 5.17. The van der Waals surface area contributed by atoms with Gasteiger partial charge in [-0.05, 0) is 7.05 Å². The lowest BCUT2D eigenvalue weighted by Crippen LogP contribution is -2.33. The predicted octanol–water partition coefficient (Wildman–Crippen LogP) is -0.367. The van der Waals surface area contributed by atoms with Crippen molar-refractivity contribution in [3.05, 3.63) is 0 Å². The SMILES string of the molecule is CNC1C=NCCO1. The largest absolute Gasteiger partial charge is 0.356 e. The fourth-order valence-electron chi connectivity index (χ4n) is 0.604. The van der Waals surface area contributed by atoms with E-state index in [1.165, 1.54) is 0 Å². The van der Waals surface area contributed by atoms with Crippen LogP contribution >= 0.6 is 0 Å². The molecule has 0 fully saturated rings. The topological polar surface area (TPSA) is 33.6 Å². The summed E-state index contributed by atoms with van der Waals surface area (Å²) in [6.07, 6.45) is 1.83. The number of hydrogen-bond donors (Lipinski definition) is 1. The van der Waals surface area contributed by atoms with E-state index in [4.69, 9.17) is 4.74 Å². The van der Waals surface area contributed by atoms with Gasteiger partial charge in [-0.3, -0.25) is 10.3 Å². The van der Waals surface area contributed by atoms with Crippen LogP contribution in [0.3, 0.4) is 0 Å². The van der Waals surface area contributed by atoms with Gasteiger partial charge in [0.2, 0.25) is 0 Å². The molecule has 0 amide bonds. The molecule has 0 spiro atoms. The van der Waals surface area contributed by atoms with Gasteiger partial charge in [-0.25, -0.2) is 0 Å². The van der Waals surface area contributed by atoms with Crippen molar-refractivity contribution in [2.45, 2.75) is 6.23 Å². The summed E-state index contributed by atoms with van der Waals surface area (Å²) in [5.74, 6) is 0. The average Bonchev–Trinajstić information content (AvgIpc) is 1.90. The van der Waals surface area contributed by atoms with Gasteiger partial charge in [-0.2, -0.15) is 0 Å². The zero-order valence-electron chi connectivity index (χ0n) is 4.92. The zero-order chi connectivity index (χ0) is 5.82. The second-order valence-electron chi connectivity index (χ2n) is 1.64. The third kappa shape index (κ3) is 1.28. The molecule has 8 heavy (non-hydrogen) atoms. The highest BCUT2D eigenvalue weighted by molar-refractivity contribution is 5.62. The van der Waals surface area contributed by atoms with E-state index in [1.807, 2.05) is 7.05 Å². The molecule has 1 N–H and O–H groups in total. The zero-order valence-corrected chi connectivity index (χ0v) is 4.92. The minimum atomic E-state index is 0.0451. The Morgan fingerprint density at radius 2 is 2.75 bits per heavy atom. The maximum absolute atomic E-state index is 5.17. The monoisotopic (exact) mass is 114 g/mol. The van der Waals surface area contributed by atoms with Crippen LogP contribution in [0.5, 0.6) is 0 Å². The van der Waals surface area contributed by atoms with Crippen molar-refractivity contribution in [1.29, 1.82) is 0 Å². The third-order valence-electron chi connectivity index (χ3n) is 1.04. The first-order valence-electron chi connectivity index (χ1n) is 2.72. The van der Waals surface area contributed by atoms with Crippen molar-refractivity contribution in [3.63, 3.8) is 0 Å². The molecule has 1 aliphatic heterocycles. The van der Waals surface area contributed by atoms with E-state index in [0.29, 0.717) is 0 Å². The Kier molecular flexibility index (Phi) is 2.00. The molecule has 1 atom stereocenters. The van der Waals surface area contributed by atoms with Gasteiger partial charge < -0.3 is 4.74 Å². The highest BCUT2D eigenvalue weighted by Gasteiger charge is 2.03. The smallest absolute Gasteiger partial charge is 0.143 e. The van der Waals surface area contributed by atoms with E-state index in [9.17, 15) is 0 Å². The van der Waals surface area contributed by atoms with E-state index in [2.05, 4.69) is 10.3 Å². The van der Waals surface area contributed by atoms with Gasteiger partial charge in [-0.1, -0.05) is 0 Å². The first-order valence-corrected chi connectivity index (χ1v) is 2.72. The molecule has 1 aliphatic rings. The molecule has 3 heteroatoms. The molecule has 1 heterocycles. The Morgan fingerprint density at radius 3 is 3.12 bits per heavy atom. The van der Waals surface area contributed by atoms with Gasteiger partial charge in [0.1, 0.15) is 6.23 Å². The summed E-state index contributed by atoms with van der Waals surface area (Å²) in [5, 5.41) is 2.93. The Bertz CT molecular complexity index is 92.4. The lowest BCUT2D eigenvalue weighted by molar-refractivity contribution is 0.0821. The number of nitrogens with one attached hydrogen (secondary N) is 1. The van der Waals surface area contributed by atoms with Crippen LogP contribution in [0.2, 0.25) is 0 Å². The fourth-order valence-corrected chi connectivity index (χ4v) is 0.604. The second-order valence-corrected chi connectivity index (χ2v) is 1.64. The molecule has 0 saturated heterocycles. The van der Waals surface area contributed by atoms with Gasteiger partial charge in [0, 0.05) is 6.21 Å². The van der Waals surface area contributed by atoms with E-state index >= 15 is 0 Å². The minimum absolute atomic E-state index is 0.0451. The van der Waals surface area contributed by atoms with Gasteiger partial charge in [-0.15, -0.1) is 0 Å². The number of hydrogen-bond acceptors (Lipinski definition) is 3. The standard InChI is InChI=1S/C5H10N2O/c1-6-5-4-7-2-3-8-5/h4-6H,2-3H2,1H3. The van der Waals surface area contributed by atoms with Crippen molar-refractivity contribution in [2.24, 2.45) is 4.99 Å². The van der Waals surface area contributed by atoms with E-state index < -0.39 is 0 Å². The van der Waals surface area contributed by atoms with Crippen LogP contribution < -0.4 is 5.32 Å². The molecule has 0 bridgehead atoms. The molecular weight excluding hydrogens is 104 g/mol. The Labute approximate surface area is 48.8 Å². The number of ether oxygens (including phenoxy) is 1. The predicted molar refractivity (Wildman–Crippen MR) is 32.2 cm³/mol. The first kappa shape index (κ1) is 5.72. The molecular formula is C5H10N2O.